The number of aromatic nitrogens is 2. The van der Waals surface area contributed by atoms with Gasteiger partial charge in [-0.1, -0.05) is 24.3 Å². The highest BCUT2D eigenvalue weighted by Gasteiger charge is 2.08. The molecule has 1 aromatic heterocycles. The summed E-state index contributed by atoms with van der Waals surface area (Å²) < 4.78 is 29.9. The molecule has 0 fully saturated rings. The first kappa shape index (κ1) is 10.9. The standard InChI is InChI=1S/C14H10F2N2/c1-17-9-18(14-5-3-2-4-13(14)17)12-7-10(15)6-11(16)8-12/h2-8H,1H3. The molecule has 4 heteroatoms. The molecule has 0 aliphatic rings. The van der Waals surface area contributed by atoms with Gasteiger partial charge in [-0.25, -0.2) is 8.78 Å². The Morgan fingerprint density at radius 1 is 1.06 bits per heavy atom. The van der Waals surface area contributed by atoms with Crippen molar-refractivity contribution in [2.45, 2.75) is 0 Å². The van der Waals surface area contributed by atoms with E-state index in [0.717, 1.165) is 17.1 Å². The average molecular weight is 244 g/mol. The zero-order valence-corrected chi connectivity index (χ0v) is 9.69. The fourth-order valence-electron chi connectivity index (χ4n) is 2.06. The number of imidazole rings is 1. The number of para-hydroxylation sites is 2. The summed E-state index contributed by atoms with van der Waals surface area (Å²) in [6.45, 7) is 0. The van der Waals surface area contributed by atoms with Crippen molar-refractivity contribution < 1.29 is 13.3 Å². The molecule has 0 unspecified atom stereocenters. The van der Waals surface area contributed by atoms with Crippen LogP contribution in [0.4, 0.5) is 8.78 Å². The summed E-state index contributed by atoms with van der Waals surface area (Å²) in [5.74, 6) is -1.20. The Hall–Kier alpha value is -2.23. The van der Waals surface area contributed by atoms with Crippen LogP contribution in [0.15, 0.2) is 42.5 Å². The van der Waals surface area contributed by atoms with E-state index in [1.807, 2.05) is 31.3 Å². The van der Waals surface area contributed by atoms with E-state index in [0.29, 0.717) is 5.69 Å². The minimum absolute atomic E-state index is 0.421. The molecule has 0 saturated heterocycles. The quantitative estimate of drug-likeness (QED) is 0.459. The number of hydrogen-bond donors (Lipinski definition) is 0. The Kier molecular flexibility index (Phi) is 2.37. The van der Waals surface area contributed by atoms with Gasteiger partial charge in [0.2, 0.25) is 6.33 Å². The van der Waals surface area contributed by atoms with Crippen molar-refractivity contribution in [3.8, 4) is 5.69 Å². The van der Waals surface area contributed by atoms with Gasteiger partial charge in [-0.05, 0) is 12.1 Å². The number of fused-ring (bicyclic) bond motifs is 1. The first-order chi connectivity index (χ1) is 8.65. The molecule has 90 valence electrons. The van der Waals surface area contributed by atoms with Gasteiger partial charge in [-0.3, -0.25) is 0 Å². The number of aryl methyl sites for hydroxylation is 1. The van der Waals surface area contributed by atoms with Gasteiger partial charge < -0.3 is 9.13 Å². The van der Waals surface area contributed by atoms with Gasteiger partial charge in [0.1, 0.15) is 11.6 Å². The molecule has 0 atom stereocenters. The number of nitrogens with zero attached hydrogens (tertiary/aromatic N) is 2. The van der Waals surface area contributed by atoms with Crippen LogP contribution in [0.3, 0.4) is 0 Å². The van der Waals surface area contributed by atoms with E-state index >= 15 is 0 Å². The molecule has 3 rings (SSSR count). The molecule has 2 aromatic carbocycles. The minimum atomic E-state index is -0.598. The number of hydrogen-bond acceptors (Lipinski definition) is 0. The number of rotatable bonds is 1. The number of benzene rings is 2. The first-order valence-electron chi connectivity index (χ1n) is 5.50. The SMILES string of the molecule is C[n+]1[c-]n(-c2cc(F)cc(F)c2)c2ccccc21. The lowest BCUT2D eigenvalue weighted by Crippen LogP contribution is -2.26. The lowest BCUT2D eigenvalue weighted by atomic mass is 10.2. The molecule has 0 aliphatic carbocycles. The lowest BCUT2D eigenvalue weighted by Gasteiger charge is -2.05. The van der Waals surface area contributed by atoms with E-state index in [1.165, 1.54) is 12.1 Å². The Morgan fingerprint density at radius 3 is 2.44 bits per heavy atom. The molecular weight excluding hydrogens is 234 g/mol. The van der Waals surface area contributed by atoms with Crippen LogP contribution < -0.4 is 4.57 Å². The van der Waals surface area contributed by atoms with E-state index < -0.39 is 11.6 Å². The molecule has 0 radical (unpaired) electrons. The Labute approximate surface area is 103 Å². The van der Waals surface area contributed by atoms with Gasteiger partial charge in [0, 0.05) is 6.07 Å². The minimum Gasteiger partial charge on any atom is -0.319 e. The summed E-state index contributed by atoms with van der Waals surface area (Å²) in [4.78, 5) is 0. The van der Waals surface area contributed by atoms with Crippen molar-refractivity contribution in [3.63, 3.8) is 0 Å². The second-order valence-electron chi connectivity index (χ2n) is 4.11. The van der Waals surface area contributed by atoms with Gasteiger partial charge in [0.05, 0.1) is 23.8 Å². The highest BCUT2D eigenvalue weighted by atomic mass is 19.1. The van der Waals surface area contributed by atoms with Gasteiger partial charge in [0.25, 0.3) is 0 Å². The van der Waals surface area contributed by atoms with Crippen LogP contribution in [0.1, 0.15) is 0 Å². The van der Waals surface area contributed by atoms with E-state index in [1.54, 1.807) is 9.13 Å². The van der Waals surface area contributed by atoms with Crippen LogP contribution in [0.2, 0.25) is 0 Å². The second-order valence-corrected chi connectivity index (χ2v) is 4.11. The lowest BCUT2D eigenvalue weighted by molar-refractivity contribution is -0.649. The second kappa shape index (κ2) is 3.91. The maximum Gasteiger partial charge on any atom is 0.244 e. The third kappa shape index (κ3) is 1.66. The maximum atomic E-state index is 13.2. The molecule has 0 aliphatic heterocycles. The van der Waals surface area contributed by atoms with Gasteiger partial charge >= 0.3 is 0 Å². The van der Waals surface area contributed by atoms with Crippen molar-refractivity contribution in [2.24, 2.45) is 7.05 Å². The molecule has 0 N–H and O–H groups in total. The monoisotopic (exact) mass is 244 g/mol. The molecule has 2 nitrogen and oxygen atoms in total. The average Bonchev–Trinajstić information content (AvgIpc) is 2.66. The topological polar surface area (TPSA) is 8.81 Å². The Balaban J connectivity index is 2.31. The highest BCUT2D eigenvalue weighted by molar-refractivity contribution is 5.73. The van der Waals surface area contributed by atoms with Crippen molar-refractivity contribution in [2.75, 3.05) is 0 Å². The van der Waals surface area contributed by atoms with Crippen LogP contribution in [0.5, 0.6) is 0 Å². The third-order valence-corrected chi connectivity index (χ3v) is 2.84. The van der Waals surface area contributed by atoms with Gasteiger partial charge in [0.15, 0.2) is 0 Å². The largest absolute Gasteiger partial charge is 0.319 e. The van der Waals surface area contributed by atoms with Crippen LogP contribution in [-0.2, 0) is 7.05 Å². The zero-order chi connectivity index (χ0) is 12.7. The van der Waals surface area contributed by atoms with Crippen LogP contribution in [0, 0.1) is 18.0 Å². The Morgan fingerprint density at radius 2 is 1.72 bits per heavy atom. The molecule has 3 aromatic rings. The van der Waals surface area contributed by atoms with E-state index in [2.05, 4.69) is 6.33 Å². The predicted octanol–water partition coefficient (Wildman–Crippen LogP) is 2.53. The Bertz CT molecular complexity index is 711. The summed E-state index contributed by atoms with van der Waals surface area (Å²) in [7, 11) is 1.84. The summed E-state index contributed by atoms with van der Waals surface area (Å²) in [5, 5.41) is 0. The summed E-state index contributed by atoms with van der Waals surface area (Å²) >= 11 is 0. The molecular formula is C14H10F2N2. The van der Waals surface area contributed by atoms with Crippen LogP contribution in [0.25, 0.3) is 16.7 Å². The van der Waals surface area contributed by atoms with E-state index in [9.17, 15) is 8.78 Å². The summed E-state index contributed by atoms with van der Waals surface area (Å²) in [5.41, 5.74) is 2.22. The molecule has 0 saturated carbocycles. The van der Waals surface area contributed by atoms with Gasteiger partial charge in [-0.2, -0.15) is 0 Å². The molecule has 0 spiro atoms. The maximum absolute atomic E-state index is 13.2. The smallest absolute Gasteiger partial charge is 0.244 e. The van der Waals surface area contributed by atoms with E-state index in [4.69, 9.17) is 0 Å². The third-order valence-electron chi connectivity index (χ3n) is 2.84. The fourth-order valence-corrected chi connectivity index (χ4v) is 2.06. The predicted molar refractivity (Wildman–Crippen MR) is 63.2 cm³/mol. The van der Waals surface area contributed by atoms with E-state index in [-0.39, 0.29) is 0 Å². The van der Waals surface area contributed by atoms with Crippen molar-refractivity contribution in [3.05, 3.63) is 60.4 Å². The van der Waals surface area contributed by atoms with Crippen molar-refractivity contribution in [1.29, 1.82) is 0 Å². The van der Waals surface area contributed by atoms with Crippen LogP contribution >= 0.6 is 0 Å². The summed E-state index contributed by atoms with van der Waals surface area (Å²) in [6, 6.07) is 11.0. The van der Waals surface area contributed by atoms with Crippen molar-refractivity contribution in [1.82, 2.24) is 4.57 Å². The molecule has 0 bridgehead atoms. The highest BCUT2D eigenvalue weighted by Crippen LogP contribution is 2.18. The number of halogens is 2. The zero-order valence-electron chi connectivity index (χ0n) is 9.69. The van der Waals surface area contributed by atoms with Gasteiger partial charge in [-0.15, -0.1) is 0 Å². The molecule has 0 amide bonds. The van der Waals surface area contributed by atoms with Crippen LogP contribution in [-0.4, -0.2) is 4.57 Å². The fraction of sp³-hybridized carbons (Fsp3) is 0.0714. The first-order valence-corrected chi connectivity index (χ1v) is 5.50. The normalized spacial score (nSPS) is 11.1. The summed E-state index contributed by atoms with van der Waals surface area (Å²) in [6.07, 6.45) is 3.02. The van der Waals surface area contributed by atoms with Crippen molar-refractivity contribution >= 4 is 11.0 Å². The molecule has 18 heavy (non-hydrogen) atoms. The molecule has 1 heterocycles.